The van der Waals surface area contributed by atoms with Crippen LogP contribution < -0.4 is 5.32 Å². The summed E-state index contributed by atoms with van der Waals surface area (Å²) < 4.78 is 30.7. The van der Waals surface area contributed by atoms with Crippen LogP contribution in [0.5, 0.6) is 0 Å². The van der Waals surface area contributed by atoms with Gasteiger partial charge in [0.2, 0.25) is 0 Å². The van der Waals surface area contributed by atoms with Crippen molar-refractivity contribution in [3.63, 3.8) is 0 Å². The summed E-state index contributed by atoms with van der Waals surface area (Å²) in [5.74, 6) is -8.76. The summed E-state index contributed by atoms with van der Waals surface area (Å²) in [6, 6.07) is 22.6. The molecule has 68 heavy (non-hydrogen) atoms. The first-order valence-electron chi connectivity index (χ1n) is 22.4. The van der Waals surface area contributed by atoms with E-state index in [0.717, 1.165) is 6.92 Å². The van der Waals surface area contributed by atoms with E-state index in [4.69, 9.17) is 23.7 Å². The maximum absolute atomic E-state index is 15.6. The van der Waals surface area contributed by atoms with Crippen molar-refractivity contribution in [1.29, 1.82) is 0 Å². The molecule has 3 aromatic carbocycles. The van der Waals surface area contributed by atoms with Gasteiger partial charge in [-0.3, -0.25) is 24.0 Å². The molecule has 17 heteroatoms. The molecule has 17 nitrogen and oxygen atoms in total. The van der Waals surface area contributed by atoms with Gasteiger partial charge in [-0.15, -0.1) is 0 Å². The van der Waals surface area contributed by atoms with Crippen LogP contribution in [0.1, 0.15) is 100 Å². The van der Waals surface area contributed by atoms with Crippen molar-refractivity contribution >= 4 is 41.5 Å². The standard InChI is InChI=1S/C51H57NO16/c1-27-32(65-45(60)39(56)37(29-17-11-8-12-18-29)52-43(58)30-19-13-9-14-20-30)24-51(63)42(67-44(59)31-21-15-10-16-22-31)40-49(7,41(57)38(55)36(27)48(51,5)6)33(66-35(54)25-47(3,4)46(61)62)23-34-50(40,26-64-34)68-28(2)53/h8-22,32-34,37-40,42,55-56,63H,23-26H2,1-7H3,(H,52,58)(H,61,62)/t32-,33-,34+,37-,38+,39+,40?,42?,49+,50-,51+/m0/s1. The number of hydrogen-bond acceptors (Lipinski definition) is 15. The van der Waals surface area contributed by atoms with Gasteiger partial charge in [0.05, 0.1) is 41.4 Å². The van der Waals surface area contributed by atoms with E-state index in [9.17, 15) is 49.2 Å². The number of Topliss-reactive ketones (excluding diaryl/α,β-unsaturated/α-hetero) is 1. The van der Waals surface area contributed by atoms with E-state index in [1.165, 1.54) is 53.7 Å². The average Bonchev–Trinajstić information content (AvgIpc) is 3.29. The maximum atomic E-state index is 15.6. The molecule has 0 spiro atoms. The van der Waals surface area contributed by atoms with E-state index in [-0.39, 0.29) is 28.7 Å². The van der Waals surface area contributed by atoms with Crippen LogP contribution in [0.4, 0.5) is 0 Å². The Morgan fingerprint density at radius 1 is 0.868 bits per heavy atom. The third-order valence-corrected chi connectivity index (χ3v) is 14.6. The van der Waals surface area contributed by atoms with Crippen molar-refractivity contribution in [2.45, 2.75) is 122 Å². The van der Waals surface area contributed by atoms with Crippen LogP contribution in [-0.2, 0) is 47.7 Å². The molecule has 4 aliphatic rings. The number of carbonyl (C=O) groups excluding carboxylic acids is 6. The average molecular weight is 940 g/mol. The highest BCUT2D eigenvalue weighted by atomic mass is 16.6. The maximum Gasteiger partial charge on any atom is 0.338 e. The van der Waals surface area contributed by atoms with Crippen LogP contribution in [0.3, 0.4) is 0 Å². The van der Waals surface area contributed by atoms with Gasteiger partial charge >= 0.3 is 29.8 Å². The Morgan fingerprint density at radius 2 is 1.44 bits per heavy atom. The number of aliphatic hydroxyl groups excluding tert-OH is 2. The number of rotatable bonds is 13. The molecule has 11 atom stereocenters. The molecule has 0 radical (unpaired) electrons. The quantitative estimate of drug-likeness (QED) is 0.0913. The van der Waals surface area contributed by atoms with Crippen molar-refractivity contribution in [3.8, 4) is 0 Å². The number of carbonyl (C=O) groups is 7. The summed E-state index contributed by atoms with van der Waals surface area (Å²) in [6.45, 7) is 9.17. The highest BCUT2D eigenvalue weighted by Gasteiger charge is 2.78. The van der Waals surface area contributed by atoms with Crippen LogP contribution in [-0.4, -0.2) is 116 Å². The van der Waals surface area contributed by atoms with Crippen LogP contribution in [0, 0.1) is 22.2 Å². The number of fused-ring (bicyclic) bond motifs is 5. The number of benzene rings is 3. The molecule has 3 aliphatic carbocycles. The molecule has 3 aromatic rings. The SMILES string of the molecule is CC(=O)O[C@@]12CO[C@@H]1C[C@H](OC(=O)CC(C)(C)C(=O)O)[C@@]1(C)C(=O)[C@H](O)C3=C(C)[C@@H](OC(=O)[C@H](O)[C@@H](NC(=O)c4ccccc4)c4ccccc4)C[C@@](O)(C(OC(=O)c4ccccc4)C12)C3(C)C. The number of carboxylic acid groups (broad SMARTS) is 1. The number of aliphatic hydroxyl groups is 3. The predicted molar refractivity (Wildman–Crippen MR) is 238 cm³/mol. The van der Waals surface area contributed by atoms with Gasteiger partial charge in [0.15, 0.2) is 17.5 Å². The molecule has 362 valence electrons. The summed E-state index contributed by atoms with van der Waals surface area (Å²) in [5, 5.41) is 50.7. The van der Waals surface area contributed by atoms with Crippen molar-refractivity contribution < 1.29 is 77.7 Å². The molecule has 2 saturated carbocycles. The van der Waals surface area contributed by atoms with E-state index in [2.05, 4.69) is 5.32 Å². The van der Waals surface area contributed by atoms with Gasteiger partial charge in [-0.25, -0.2) is 9.59 Å². The first-order valence-corrected chi connectivity index (χ1v) is 22.4. The number of ketones is 1. The van der Waals surface area contributed by atoms with E-state index >= 15 is 4.79 Å². The molecule has 1 heterocycles. The van der Waals surface area contributed by atoms with Gasteiger partial charge in [-0.05, 0) is 68.7 Å². The van der Waals surface area contributed by atoms with Crippen molar-refractivity contribution in [3.05, 3.63) is 119 Å². The van der Waals surface area contributed by atoms with Crippen molar-refractivity contribution in [2.75, 3.05) is 6.61 Å². The van der Waals surface area contributed by atoms with Gasteiger partial charge in [0, 0.05) is 30.7 Å². The molecular formula is C51H57NO16. The number of esters is 4. The fraction of sp³-hybridized carbons (Fsp3) is 0.471. The zero-order valence-corrected chi connectivity index (χ0v) is 38.8. The Hall–Kier alpha value is -6.27. The van der Waals surface area contributed by atoms with Crippen LogP contribution >= 0.6 is 0 Å². The number of carboxylic acids is 1. The third-order valence-electron chi connectivity index (χ3n) is 14.6. The first kappa shape index (κ1) is 49.6. The van der Waals surface area contributed by atoms with E-state index in [1.807, 2.05) is 0 Å². The number of ether oxygens (including phenoxy) is 5. The summed E-state index contributed by atoms with van der Waals surface area (Å²) in [5.41, 5.74) is -9.41. The van der Waals surface area contributed by atoms with Crippen molar-refractivity contribution in [1.82, 2.24) is 5.32 Å². The second-order valence-electron chi connectivity index (χ2n) is 19.6. The molecule has 1 saturated heterocycles. The van der Waals surface area contributed by atoms with Gasteiger partial charge < -0.3 is 49.4 Å². The first-order chi connectivity index (χ1) is 31.9. The highest BCUT2D eigenvalue weighted by molar-refractivity contribution is 5.96. The Labute approximate surface area is 392 Å². The minimum absolute atomic E-state index is 0.0139. The van der Waals surface area contributed by atoms with Crippen LogP contribution in [0.25, 0.3) is 0 Å². The molecule has 5 N–H and O–H groups in total. The van der Waals surface area contributed by atoms with Gasteiger partial charge in [-0.2, -0.15) is 0 Å². The Kier molecular flexibility index (Phi) is 13.4. The molecule has 7 rings (SSSR count). The molecule has 2 bridgehead atoms. The molecule has 2 unspecified atom stereocenters. The molecule has 1 amide bonds. The molecule has 3 fully saturated rings. The lowest BCUT2D eigenvalue weighted by atomic mass is 9.44. The normalized spacial score (nSPS) is 30.3. The molecule has 1 aliphatic heterocycles. The Morgan fingerprint density at radius 3 is 1.99 bits per heavy atom. The highest BCUT2D eigenvalue weighted by Crippen LogP contribution is 2.64. The fourth-order valence-electron chi connectivity index (χ4n) is 10.7. The third kappa shape index (κ3) is 8.50. The lowest BCUT2D eigenvalue weighted by Crippen LogP contribution is -2.82. The lowest BCUT2D eigenvalue weighted by molar-refractivity contribution is -0.346. The zero-order valence-electron chi connectivity index (χ0n) is 38.8. The minimum atomic E-state index is -2.49. The van der Waals surface area contributed by atoms with Crippen molar-refractivity contribution in [2.24, 2.45) is 22.2 Å². The van der Waals surface area contributed by atoms with Gasteiger partial charge in [0.1, 0.15) is 36.1 Å². The monoisotopic (exact) mass is 939 g/mol. The number of hydrogen-bond donors (Lipinski definition) is 5. The summed E-state index contributed by atoms with van der Waals surface area (Å²) in [6.07, 6.45) is -12.0. The number of nitrogens with one attached hydrogen (secondary N) is 1. The van der Waals surface area contributed by atoms with Crippen LogP contribution in [0.15, 0.2) is 102 Å². The molecule has 0 aromatic heterocycles. The zero-order chi connectivity index (χ0) is 49.7. The van der Waals surface area contributed by atoms with E-state index < -0.39 is 137 Å². The van der Waals surface area contributed by atoms with E-state index in [0.29, 0.717) is 5.56 Å². The second-order valence-corrected chi connectivity index (χ2v) is 19.6. The fourth-order valence-corrected chi connectivity index (χ4v) is 10.7. The van der Waals surface area contributed by atoms with Crippen LogP contribution in [0.2, 0.25) is 0 Å². The summed E-state index contributed by atoms with van der Waals surface area (Å²) in [4.78, 5) is 96.9. The predicted octanol–water partition coefficient (Wildman–Crippen LogP) is 4.22. The Bertz CT molecular complexity index is 2510. The second kappa shape index (κ2) is 18.3. The lowest BCUT2D eigenvalue weighted by Gasteiger charge is -2.67. The summed E-state index contributed by atoms with van der Waals surface area (Å²) >= 11 is 0. The molecular weight excluding hydrogens is 883 g/mol. The largest absolute Gasteiger partial charge is 0.481 e. The van der Waals surface area contributed by atoms with Gasteiger partial charge in [-0.1, -0.05) is 80.6 Å². The summed E-state index contributed by atoms with van der Waals surface area (Å²) in [7, 11) is 0. The smallest absolute Gasteiger partial charge is 0.338 e. The topological polar surface area (TPSA) is 259 Å². The Balaban J connectivity index is 1.38. The minimum Gasteiger partial charge on any atom is -0.481 e. The number of aliphatic carboxylic acids is 1. The van der Waals surface area contributed by atoms with Gasteiger partial charge in [0.25, 0.3) is 5.91 Å². The number of amides is 1. The van der Waals surface area contributed by atoms with E-state index in [1.54, 1.807) is 78.9 Å².